The molecule has 0 amide bonds. The Morgan fingerprint density at radius 1 is 1.10 bits per heavy atom. The van der Waals surface area contributed by atoms with Gasteiger partial charge in [0.1, 0.15) is 11.6 Å². The van der Waals surface area contributed by atoms with Crippen molar-refractivity contribution in [3.63, 3.8) is 0 Å². The molecular weight excluding hydrogens is 256 g/mol. The van der Waals surface area contributed by atoms with Crippen molar-refractivity contribution >= 4 is 0 Å². The zero-order chi connectivity index (χ0) is 15.1. The van der Waals surface area contributed by atoms with Gasteiger partial charge in [0.15, 0.2) is 0 Å². The van der Waals surface area contributed by atoms with Gasteiger partial charge in [-0.25, -0.2) is 8.78 Å². The first-order valence-electron chi connectivity index (χ1n) is 7.61. The number of hydrogen-bond acceptors (Lipinski definition) is 1. The van der Waals surface area contributed by atoms with E-state index in [1.807, 2.05) is 0 Å². The molecule has 0 saturated heterocycles. The smallest absolute Gasteiger partial charge is 0.129 e. The van der Waals surface area contributed by atoms with Gasteiger partial charge in [0.25, 0.3) is 0 Å². The number of hydrogen-bond donors (Lipinski definition) is 1. The van der Waals surface area contributed by atoms with E-state index in [2.05, 4.69) is 33.0 Å². The Morgan fingerprint density at radius 3 is 2.35 bits per heavy atom. The fraction of sp³-hybridized carbons (Fsp3) is 0.647. The number of benzene rings is 1. The van der Waals surface area contributed by atoms with Gasteiger partial charge in [-0.05, 0) is 30.0 Å². The Balaban J connectivity index is 2.85. The minimum absolute atomic E-state index is 0.0919. The van der Waals surface area contributed by atoms with Gasteiger partial charge in [0.05, 0.1) is 0 Å². The third kappa shape index (κ3) is 5.20. The second-order valence-corrected chi connectivity index (χ2v) is 6.09. The average molecular weight is 283 g/mol. The number of halogens is 2. The van der Waals surface area contributed by atoms with Gasteiger partial charge in [-0.15, -0.1) is 0 Å². The van der Waals surface area contributed by atoms with Gasteiger partial charge in [0, 0.05) is 18.5 Å². The summed E-state index contributed by atoms with van der Waals surface area (Å²) < 4.78 is 27.1. The van der Waals surface area contributed by atoms with Crippen molar-refractivity contribution < 1.29 is 8.78 Å². The van der Waals surface area contributed by atoms with E-state index >= 15 is 0 Å². The van der Waals surface area contributed by atoms with Crippen LogP contribution in [0.2, 0.25) is 0 Å². The van der Waals surface area contributed by atoms with Gasteiger partial charge in [-0.3, -0.25) is 0 Å². The molecule has 1 aromatic rings. The van der Waals surface area contributed by atoms with Crippen molar-refractivity contribution in [2.75, 3.05) is 13.1 Å². The lowest BCUT2D eigenvalue weighted by atomic mass is 9.84. The molecule has 0 bridgehead atoms. The lowest BCUT2D eigenvalue weighted by Crippen LogP contribution is -2.29. The van der Waals surface area contributed by atoms with Crippen LogP contribution < -0.4 is 5.32 Å². The first-order chi connectivity index (χ1) is 9.45. The summed E-state index contributed by atoms with van der Waals surface area (Å²) in [6, 6.07) is 3.94. The molecule has 3 heteroatoms. The normalized spacial score (nSPS) is 14.6. The lowest BCUT2D eigenvalue weighted by Gasteiger charge is -2.25. The van der Waals surface area contributed by atoms with Crippen molar-refractivity contribution in [3.05, 3.63) is 35.4 Å². The maximum atomic E-state index is 14.0. The highest BCUT2D eigenvalue weighted by atomic mass is 19.1. The van der Waals surface area contributed by atoms with Crippen molar-refractivity contribution in [2.24, 2.45) is 11.8 Å². The van der Waals surface area contributed by atoms with Crippen LogP contribution in [0, 0.1) is 23.5 Å². The van der Waals surface area contributed by atoms with E-state index in [0.29, 0.717) is 17.4 Å². The Kier molecular flexibility index (Phi) is 7.14. The molecule has 0 radical (unpaired) electrons. The van der Waals surface area contributed by atoms with E-state index in [4.69, 9.17) is 0 Å². The first-order valence-corrected chi connectivity index (χ1v) is 7.61. The molecule has 2 unspecified atom stereocenters. The summed E-state index contributed by atoms with van der Waals surface area (Å²) in [5.41, 5.74) is 0.628. The predicted octanol–water partition coefficient (Wildman–Crippen LogP) is 4.73. The van der Waals surface area contributed by atoms with Crippen LogP contribution in [0.5, 0.6) is 0 Å². The van der Waals surface area contributed by atoms with E-state index in [1.165, 1.54) is 6.07 Å². The summed E-state index contributed by atoms with van der Waals surface area (Å²) >= 11 is 0. The number of rotatable bonds is 8. The van der Waals surface area contributed by atoms with Crippen molar-refractivity contribution in [2.45, 2.75) is 46.5 Å². The molecule has 0 saturated carbocycles. The van der Waals surface area contributed by atoms with Gasteiger partial charge in [-0.1, -0.05) is 46.6 Å². The molecule has 2 atom stereocenters. The van der Waals surface area contributed by atoms with Gasteiger partial charge >= 0.3 is 0 Å². The Labute approximate surface area is 121 Å². The largest absolute Gasteiger partial charge is 0.316 e. The zero-order valence-electron chi connectivity index (χ0n) is 13.0. The highest BCUT2D eigenvalue weighted by molar-refractivity contribution is 5.23. The minimum Gasteiger partial charge on any atom is -0.316 e. The van der Waals surface area contributed by atoms with E-state index in [-0.39, 0.29) is 5.92 Å². The minimum atomic E-state index is -0.511. The van der Waals surface area contributed by atoms with Gasteiger partial charge < -0.3 is 5.32 Å². The maximum Gasteiger partial charge on any atom is 0.129 e. The van der Waals surface area contributed by atoms with Crippen molar-refractivity contribution in [1.29, 1.82) is 0 Å². The van der Waals surface area contributed by atoms with Crippen LogP contribution in [0.25, 0.3) is 0 Å². The monoisotopic (exact) mass is 283 g/mol. The summed E-state index contributed by atoms with van der Waals surface area (Å²) in [4.78, 5) is 0. The number of nitrogens with one attached hydrogen (secondary N) is 1. The van der Waals surface area contributed by atoms with Crippen molar-refractivity contribution in [1.82, 2.24) is 5.32 Å². The topological polar surface area (TPSA) is 12.0 Å². The Morgan fingerprint density at radius 2 is 1.80 bits per heavy atom. The molecule has 0 aliphatic rings. The third-order valence-corrected chi connectivity index (χ3v) is 3.71. The summed E-state index contributed by atoms with van der Waals surface area (Å²) in [5, 5.41) is 3.40. The summed E-state index contributed by atoms with van der Waals surface area (Å²) in [5.74, 6) is 0.0942. The zero-order valence-corrected chi connectivity index (χ0v) is 13.0. The second kappa shape index (κ2) is 8.35. The molecule has 0 aliphatic heterocycles. The molecule has 20 heavy (non-hydrogen) atoms. The molecule has 0 fully saturated rings. The summed E-state index contributed by atoms with van der Waals surface area (Å²) in [7, 11) is 0. The second-order valence-electron chi connectivity index (χ2n) is 6.09. The molecule has 0 spiro atoms. The van der Waals surface area contributed by atoms with E-state index in [9.17, 15) is 8.78 Å². The molecule has 1 N–H and O–H groups in total. The standard InChI is InChI=1S/C17H27F2N/c1-5-6-13(4)16(11-20-10-12(2)3)15-8-7-14(18)9-17(15)19/h7-9,12-13,16,20H,5-6,10-11H2,1-4H3. The van der Waals surface area contributed by atoms with E-state index in [1.54, 1.807) is 6.07 Å². The fourth-order valence-electron chi connectivity index (χ4n) is 2.60. The molecule has 0 heterocycles. The highest BCUT2D eigenvalue weighted by Crippen LogP contribution is 2.29. The Bertz CT molecular complexity index is 404. The quantitative estimate of drug-likeness (QED) is 0.727. The molecule has 1 aromatic carbocycles. The highest BCUT2D eigenvalue weighted by Gasteiger charge is 2.22. The molecular formula is C17H27F2N. The van der Waals surface area contributed by atoms with Crippen LogP contribution in [0.4, 0.5) is 8.78 Å². The van der Waals surface area contributed by atoms with Gasteiger partial charge in [-0.2, -0.15) is 0 Å². The van der Waals surface area contributed by atoms with Crippen LogP contribution in [-0.2, 0) is 0 Å². The van der Waals surface area contributed by atoms with Crippen LogP contribution in [0.3, 0.4) is 0 Å². The fourth-order valence-corrected chi connectivity index (χ4v) is 2.60. The van der Waals surface area contributed by atoms with Crippen molar-refractivity contribution in [3.8, 4) is 0 Å². The summed E-state index contributed by atoms with van der Waals surface area (Å²) in [6.07, 6.45) is 2.12. The molecule has 1 rings (SSSR count). The third-order valence-electron chi connectivity index (χ3n) is 3.71. The van der Waals surface area contributed by atoms with Crippen LogP contribution >= 0.6 is 0 Å². The van der Waals surface area contributed by atoms with E-state index < -0.39 is 11.6 Å². The van der Waals surface area contributed by atoms with Crippen LogP contribution in [0.1, 0.15) is 52.0 Å². The lowest BCUT2D eigenvalue weighted by molar-refractivity contribution is 0.383. The summed E-state index contributed by atoms with van der Waals surface area (Å²) in [6.45, 7) is 10.2. The van der Waals surface area contributed by atoms with E-state index in [0.717, 1.165) is 32.0 Å². The average Bonchev–Trinajstić information content (AvgIpc) is 2.35. The Hall–Kier alpha value is -0.960. The predicted molar refractivity (Wildman–Crippen MR) is 80.9 cm³/mol. The molecule has 114 valence electrons. The van der Waals surface area contributed by atoms with Gasteiger partial charge in [0.2, 0.25) is 0 Å². The molecule has 1 nitrogen and oxygen atoms in total. The SMILES string of the molecule is CCCC(C)C(CNCC(C)C)c1ccc(F)cc1F. The van der Waals surface area contributed by atoms with Crippen LogP contribution in [0.15, 0.2) is 18.2 Å². The first kappa shape index (κ1) is 17.1. The maximum absolute atomic E-state index is 14.0. The molecule has 0 aromatic heterocycles. The van der Waals surface area contributed by atoms with Crippen LogP contribution in [-0.4, -0.2) is 13.1 Å². The molecule has 0 aliphatic carbocycles.